The number of rotatable bonds is 5. The summed E-state index contributed by atoms with van der Waals surface area (Å²) in [7, 11) is 0. The number of halogens is 1. The second-order valence-corrected chi connectivity index (χ2v) is 5.73. The molecule has 1 fully saturated rings. The molecule has 0 radical (unpaired) electrons. The summed E-state index contributed by atoms with van der Waals surface area (Å²) < 4.78 is 15.2. The molecule has 1 aliphatic rings. The van der Waals surface area contributed by atoms with Gasteiger partial charge in [-0.15, -0.1) is 0 Å². The van der Waals surface area contributed by atoms with Crippen molar-refractivity contribution in [3.63, 3.8) is 0 Å². The van der Waals surface area contributed by atoms with E-state index in [9.17, 15) is 14.0 Å². The third-order valence-electron chi connectivity index (χ3n) is 4.07. The normalized spacial score (nSPS) is 16.7. The van der Waals surface area contributed by atoms with Crippen molar-refractivity contribution in [1.29, 1.82) is 0 Å². The first-order chi connectivity index (χ1) is 12.1. The zero-order valence-electron chi connectivity index (χ0n) is 13.6. The minimum Gasteiger partial charge on any atom is -0.350 e. The molecule has 2 N–H and O–H groups in total. The Morgan fingerprint density at radius 3 is 2.80 bits per heavy atom. The second-order valence-electron chi connectivity index (χ2n) is 5.73. The number of aromatic nitrogens is 3. The third-order valence-corrected chi connectivity index (χ3v) is 4.07. The molecule has 3 rings (SSSR count). The average molecular weight is 346 g/mol. The number of likely N-dealkylation sites (tertiary alicyclic amines) is 1. The zero-order valence-corrected chi connectivity index (χ0v) is 13.6. The predicted octanol–water partition coefficient (Wildman–Crippen LogP) is 0.804. The summed E-state index contributed by atoms with van der Waals surface area (Å²) in [6.07, 6.45) is 3.94. The fourth-order valence-electron chi connectivity index (χ4n) is 2.75. The van der Waals surface area contributed by atoms with Crippen molar-refractivity contribution in [3.05, 3.63) is 48.3 Å². The summed E-state index contributed by atoms with van der Waals surface area (Å²) in [6, 6.07) is 5.71. The van der Waals surface area contributed by atoms with Crippen LogP contribution in [-0.4, -0.2) is 57.8 Å². The van der Waals surface area contributed by atoms with Gasteiger partial charge in [0, 0.05) is 26.2 Å². The van der Waals surface area contributed by atoms with E-state index in [1.807, 2.05) is 0 Å². The highest BCUT2D eigenvalue weighted by molar-refractivity contribution is 5.94. The number of amides is 3. The highest BCUT2D eigenvalue weighted by atomic mass is 19.1. The van der Waals surface area contributed by atoms with Crippen LogP contribution in [0.15, 0.2) is 36.9 Å². The summed E-state index contributed by atoms with van der Waals surface area (Å²) >= 11 is 0. The van der Waals surface area contributed by atoms with Crippen LogP contribution in [0.2, 0.25) is 0 Å². The van der Waals surface area contributed by atoms with E-state index in [2.05, 4.69) is 20.7 Å². The van der Waals surface area contributed by atoms with Gasteiger partial charge in [-0.05, 0) is 18.6 Å². The Balaban J connectivity index is 1.39. The molecular formula is C16H19FN6O2. The fraction of sp³-hybridized carbons (Fsp3) is 0.375. The van der Waals surface area contributed by atoms with Gasteiger partial charge in [-0.2, -0.15) is 5.10 Å². The maximum absolute atomic E-state index is 13.5. The van der Waals surface area contributed by atoms with Gasteiger partial charge < -0.3 is 15.5 Å². The van der Waals surface area contributed by atoms with Crippen LogP contribution in [0.5, 0.6) is 0 Å². The number of urea groups is 1. The molecule has 0 spiro atoms. The van der Waals surface area contributed by atoms with Gasteiger partial charge in [0.15, 0.2) is 0 Å². The molecule has 8 nitrogen and oxygen atoms in total. The first kappa shape index (κ1) is 16.9. The molecule has 1 unspecified atom stereocenters. The molecule has 1 atom stereocenters. The van der Waals surface area contributed by atoms with Crippen molar-refractivity contribution < 1.29 is 14.0 Å². The molecular weight excluding hydrogens is 327 g/mol. The van der Waals surface area contributed by atoms with E-state index < -0.39 is 11.7 Å². The molecule has 3 amide bonds. The van der Waals surface area contributed by atoms with Crippen LogP contribution in [-0.2, 0) is 0 Å². The Kier molecular flexibility index (Phi) is 5.22. The second kappa shape index (κ2) is 7.73. The summed E-state index contributed by atoms with van der Waals surface area (Å²) in [5.74, 6) is -1.07. The first-order valence-electron chi connectivity index (χ1n) is 8.05. The van der Waals surface area contributed by atoms with Gasteiger partial charge in [0.05, 0.1) is 11.6 Å². The van der Waals surface area contributed by atoms with Crippen molar-refractivity contribution in [2.45, 2.75) is 12.5 Å². The van der Waals surface area contributed by atoms with Gasteiger partial charge in [0.25, 0.3) is 5.91 Å². The maximum atomic E-state index is 13.5. The van der Waals surface area contributed by atoms with Crippen molar-refractivity contribution in [2.75, 3.05) is 26.2 Å². The number of nitrogens with zero attached hydrogens (tertiary/aromatic N) is 4. The van der Waals surface area contributed by atoms with Gasteiger partial charge in [0.2, 0.25) is 0 Å². The van der Waals surface area contributed by atoms with Crippen molar-refractivity contribution in [3.8, 4) is 0 Å². The number of hydrogen-bond donors (Lipinski definition) is 2. The molecule has 25 heavy (non-hydrogen) atoms. The topological polar surface area (TPSA) is 92.2 Å². The molecule has 1 saturated heterocycles. The number of nitrogens with one attached hydrogen (secondary N) is 2. The molecule has 2 heterocycles. The molecule has 0 bridgehead atoms. The van der Waals surface area contributed by atoms with Crippen LogP contribution in [0.25, 0.3) is 0 Å². The van der Waals surface area contributed by atoms with Gasteiger partial charge >= 0.3 is 6.03 Å². The van der Waals surface area contributed by atoms with Crippen LogP contribution < -0.4 is 10.6 Å². The summed E-state index contributed by atoms with van der Waals surface area (Å²) in [6.45, 7) is 1.69. The van der Waals surface area contributed by atoms with Gasteiger partial charge in [-0.25, -0.2) is 18.9 Å². The molecule has 0 aliphatic carbocycles. The SMILES string of the molecule is O=C(NCCNC(=O)N1CCC(n2cncn2)C1)c1ccccc1F. The van der Waals surface area contributed by atoms with Gasteiger partial charge in [-0.1, -0.05) is 12.1 Å². The Morgan fingerprint density at radius 1 is 1.24 bits per heavy atom. The average Bonchev–Trinajstić information content (AvgIpc) is 3.29. The van der Waals surface area contributed by atoms with E-state index in [4.69, 9.17) is 0 Å². The summed E-state index contributed by atoms with van der Waals surface area (Å²) in [4.78, 5) is 29.6. The lowest BCUT2D eigenvalue weighted by Gasteiger charge is -2.17. The Bertz CT molecular complexity index is 736. The summed E-state index contributed by atoms with van der Waals surface area (Å²) in [5, 5.41) is 9.42. The smallest absolute Gasteiger partial charge is 0.317 e. The van der Waals surface area contributed by atoms with Crippen LogP contribution >= 0.6 is 0 Å². The fourth-order valence-corrected chi connectivity index (χ4v) is 2.75. The molecule has 1 aromatic carbocycles. The largest absolute Gasteiger partial charge is 0.350 e. The van der Waals surface area contributed by atoms with E-state index in [0.717, 1.165) is 6.42 Å². The Labute approximate surface area is 144 Å². The molecule has 1 aliphatic heterocycles. The number of hydrogen-bond acceptors (Lipinski definition) is 4. The van der Waals surface area contributed by atoms with E-state index in [0.29, 0.717) is 13.1 Å². The number of carbonyl (C=O) groups excluding carboxylic acids is 2. The Morgan fingerprint density at radius 2 is 2.04 bits per heavy atom. The molecule has 2 aromatic rings. The van der Waals surface area contributed by atoms with E-state index in [1.54, 1.807) is 22.0 Å². The van der Waals surface area contributed by atoms with Crippen LogP contribution in [0.4, 0.5) is 9.18 Å². The first-order valence-corrected chi connectivity index (χ1v) is 8.05. The predicted molar refractivity (Wildman–Crippen MR) is 87.4 cm³/mol. The molecule has 1 aromatic heterocycles. The lowest BCUT2D eigenvalue weighted by molar-refractivity contribution is 0.0949. The van der Waals surface area contributed by atoms with Gasteiger partial charge in [0.1, 0.15) is 18.5 Å². The Hall–Kier alpha value is -2.97. The summed E-state index contributed by atoms with van der Waals surface area (Å²) in [5.41, 5.74) is -0.0101. The lowest BCUT2D eigenvalue weighted by Crippen LogP contribution is -2.42. The van der Waals surface area contributed by atoms with E-state index >= 15 is 0 Å². The molecule has 9 heteroatoms. The maximum Gasteiger partial charge on any atom is 0.317 e. The van der Waals surface area contributed by atoms with Crippen molar-refractivity contribution in [2.24, 2.45) is 0 Å². The van der Waals surface area contributed by atoms with Crippen molar-refractivity contribution >= 4 is 11.9 Å². The standard InChI is InChI=1S/C16H19FN6O2/c17-14-4-2-1-3-13(14)15(24)19-6-7-20-16(25)22-8-5-12(9-22)23-11-18-10-21-23/h1-4,10-12H,5-9H2,(H,19,24)(H,20,25). The number of carbonyl (C=O) groups is 2. The highest BCUT2D eigenvalue weighted by Crippen LogP contribution is 2.19. The van der Waals surface area contributed by atoms with Gasteiger partial charge in [-0.3, -0.25) is 4.79 Å². The van der Waals surface area contributed by atoms with E-state index in [1.165, 1.54) is 24.5 Å². The lowest BCUT2D eigenvalue weighted by atomic mass is 10.2. The quantitative estimate of drug-likeness (QED) is 0.784. The van der Waals surface area contributed by atoms with Crippen molar-refractivity contribution in [1.82, 2.24) is 30.3 Å². The van der Waals surface area contributed by atoms with E-state index in [-0.39, 0.29) is 30.7 Å². The monoisotopic (exact) mass is 346 g/mol. The van der Waals surface area contributed by atoms with Crippen LogP contribution in [0.1, 0.15) is 22.8 Å². The zero-order chi connectivity index (χ0) is 17.6. The minimum atomic E-state index is -0.569. The molecule has 0 saturated carbocycles. The van der Waals surface area contributed by atoms with Crippen LogP contribution in [0.3, 0.4) is 0 Å². The third kappa shape index (κ3) is 4.11. The number of benzene rings is 1. The highest BCUT2D eigenvalue weighted by Gasteiger charge is 2.27. The molecule has 132 valence electrons. The minimum absolute atomic E-state index is 0.0101. The van der Waals surface area contributed by atoms with Crippen LogP contribution in [0, 0.1) is 5.82 Å².